The summed E-state index contributed by atoms with van der Waals surface area (Å²) in [4.78, 5) is 18.1. The van der Waals surface area contributed by atoms with Gasteiger partial charge in [0.15, 0.2) is 0 Å². The lowest BCUT2D eigenvalue weighted by Gasteiger charge is -2.04. The third-order valence-electron chi connectivity index (χ3n) is 3.65. The van der Waals surface area contributed by atoms with Crippen LogP contribution in [-0.2, 0) is 0 Å². The minimum Gasteiger partial charge on any atom is -0.291 e. The highest BCUT2D eigenvalue weighted by Crippen LogP contribution is 2.16. The molecule has 0 amide bonds. The van der Waals surface area contributed by atoms with E-state index in [2.05, 4.69) is 25.6 Å². The fourth-order valence-corrected chi connectivity index (χ4v) is 2.47. The maximum absolute atomic E-state index is 13.1. The summed E-state index contributed by atoms with van der Waals surface area (Å²) in [5, 5.41) is 8.58. The number of rotatable bonds is 4. The molecule has 7 nitrogen and oxygen atoms in total. The highest BCUT2D eigenvalue weighted by Gasteiger charge is 2.11. The van der Waals surface area contributed by atoms with E-state index in [0.29, 0.717) is 5.69 Å². The zero-order chi connectivity index (χ0) is 18.0. The lowest BCUT2D eigenvalue weighted by Crippen LogP contribution is -2.10. The van der Waals surface area contributed by atoms with Gasteiger partial charge < -0.3 is 0 Å². The van der Waals surface area contributed by atoms with E-state index >= 15 is 0 Å². The number of nitrogens with one attached hydrogen (secondary N) is 2. The monoisotopic (exact) mass is 340 g/mol. The molecule has 8 heteroatoms. The molecule has 3 aromatic rings. The highest BCUT2D eigenvalue weighted by atomic mass is 19.1. The van der Waals surface area contributed by atoms with E-state index in [1.54, 1.807) is 30.0 Å². The van der Waals surface area contributed by atoms with Gasteiger partial charge in [-0.15, -0.1) is 0 Å². The molecule has 0 spiro atoms. The lowest BCUT2D eigenvalue weighted by atomic mass is 10.2. The van der Waals surface area contributed by atoms with Gasteiger partial charge in [-0.25, -0.2) is 19.5 Å². The van der Waals surface area contributed by atoms with E-state index in [0.717, 1.165) is 22.6 Å². The van der Waals surface area contributed by atoms with Crippen molar-refractivity contribution < 1.29 is 4.39 Å². The number of benzene rings is 1. The molecule has 0 fully saturated rings. The molecule has 0 bridgehead atoms. The van der Waals surface area contributed by atoms with Crippen LogP contribution in [0.25, 0.3) is 5.69 Å². The van der Waals surface area contributed by atoms with Gasteiger partial charge in [0.25, 0.3) is 5.56 Å². The van der Waals surface area contributed by atoms with Gasteiger partial charge in [0.2, 0.25) is 5.95 Å². The Balaban J connectivity index is 1.85. The largest absolute Gasteiger partial charge is 0.291 e. The highest BCUT2D eigenvalue weighted by molar-refractivity contribution is 5.83. The second-order valence-corrected chi connectivity index (χ2v) is 5.58. The van der Waals surface area contributed by atoms with Crippen LogP contribution in [0.15, 0.2) is 40.2 Å². The molecule has 2 N–H and O–H groups in total. The maximum atomic E-state index is 13.1. The van der Waals surface area contributed by atoms with Crippen LogP contribution in [0.5, 0.6) is 0 Å². The van der Waals surface area contributed by atoms with E-state index in [1.165, 1.54) is 18.2 Å². The van der Waals surface area contributed by atoms with Crippen LogP contribution in [0.4, 0.5) is 10.3 Å². The molecule has 128 valence electrons. The number of hydrogen-bond acceptors (Lipinski definition) is 5. The molecular formula is C17H17FN6O. The molecule has 0 aliphatic heterocycles. The van der Waals surface area contributed by atoms with Crippen molar-refractivity contribution in [3.8, 4) is 5.69 Å². The summed E-state index contributed by atoms with van der Waals surface area (Å²) < 4.78 is 14.8. The van der Waals surface area contributed by atoms with Crippen LogP contribution in [0.2, 0.25) is 0 Å². The van der Waals surface area contributed by atoms with Crippen molar-refractivity contribution in [1.29, 1.82) is 0 Å². The zero-order valence-electron chi connectivity index (χ0n) is 14.0. The summed E-state index contributed by atoms with van der Waals surface area (Å²) in [5.74, 6) is -0.0293. The number of H-pyrrole nitrogens is 1. The summed E-state index contributed by atoms with van der Waals surface area (Å²) in [6, 6.07) is 7.50. The van der Waals surface area contributed by atoms with Gasteiger partial charge in [0, 0.05) is 17.3 Å². The van der Waals surface area contributed by atoms with Crippen molar-refractivity contribution in [2.45, 2.75) is 20.8 Å². The van der Waals surface area contributed by atoms with Crippen LogP contribution < -0.4 is 11.0 Å². The van der Waals surface area contributed by atoms with Gasteiger partial charge in [-0.1, -0.05) is 0 Å². The zero-order valence-corrected chi connectivity index (χ0v) is 14.0. The molecule has 1 aromatic carbocycles. The van der Waals surface area contributed by atoms with Crippen LogP contribution in [0.3, 0.4) is 0 Å². The van der Waals surface area contributed by atoms with Crippen LogP contribution in [-0.4, -0.2) is 26.0 Å². The Morgan fingerprint density at radius 1 is 1.24 bits per heavy atom. The molecule has 0 aliphatic carbocycles. The number of hydrazone groups is 1. The average molecular weight is 340 g/mol. The lowest BCUT2D eigenvalue weighted by molar-refractivity contribution is 0.627. The van der Waals surface area contributed by atoms with Crippen LogP contribution in [0, 0.1) is 26.6 Å². The van der Waals surface area contributed by atoms with Gasteiger partial charge >= 0.3 is 0 Å². The summed E-state index contributed by atoms with van der Waals surface area (Å²) in [6.07, 6.45) is 1.61. The Morgan fingerprint density at radius 2 is 1.96 bits per heavy atom. The molecule has 0 unspecified atom stereocenters. The quantitative estimate of drug-likeness (QED) is 0.564. The first-order chi connectivity index (χ1) is 11.9. The molecule has 2 aromatic heterocycles. The number of nitrogens with zero attached hydrogens (tertiary/aromatic N) is 4. The number of aromatic amines is 1. The maximum Gasteiger partial charge on any atom is 0.252 e. The van der Waals surface area contributed by atoms with E-state index < -0.39 is 0 Å². The number of halogens is 1. The Labute approximate surface area is 143 Å². The smallest absolute Gasteiger partial charge is 0.252 e. The molecule has 25 heavy (non-hydrogen) atoms. The summed E-state index contributed by atoms with van der Waals surface area (Å²) in [6.45, 7) is 5.49. The van der Waals surface area contributed by atoms with Crippen molar-refractivity contribution in [1.82, 2.24) is 19.7 Å². The SMILES string of the molecule is Cc1cc(=O)[nH]c(N/N=C\c2c(C)nn(-c3ccc(F)cc3)c2C)n1. The molecule has 0 saturated carbocycles. The Kier molecular flexibility index (Phi) is 4.42. The number of aromatic nitrogens is 4. The molecule has 3 rings (SSSR count). The van der Waals surface area contributed by atoms with Crippen molar-refractivity contribution in [2.24, 2.45) is 5.10 Å². The second-order valence-electron chi connectivity index (χ2n) is 5.58. The molecule has 2 heterocycles. The number of aryl methyl sites for hydroxylation is 2. The van der Waals surface area contributed by atoms with Gasteiger partial charge in [-0.2, -0.15) is 10.2 Å². The Hall–Kier alpha value is -3.29. The minimum atomic E-state index is -0.295. The van der Waals surface area contributed by atoms with Crippen LogP contribution >= 0.6 is 0 Å². The summed E-state index contributed by atoms with van der Waals surface area (Å²) in [7, 11) is 0. The first-order valence-corrected chi connectivity index (χ1v) is 7.63. The first-order valence-electron chi connectivity index (χ1n) is 7.63. The van der Waals surface area contributed by atoms with E-state index in [4.69, 9.17) is 0 Å². The normalized spacial score (nSPS) is 11.2. The molecule has 0 atom stereocenters. The van der Waals surface area contributed by atoms with E-state index in [-0.39, 0.29) is 17.3 Å². The Bertz CT molecular complexity index is 987. The average Bonchev–Trinajstić information content (AvgIpc) is 2.83. The van der Waals surface area contributed by atoms with E-state index in [9.17, 15) is 9.18 Å². The molecule has 0 saturated heterocycles. The van der Waals surface area contributed by atoms with Gasteiger partial charge in [0.1, 0.15) is 5.82 Å². The van der Waals surface area contributed by atoms with Crippen molar-refractivity contribution >= 4 is 12.2 Å². The second kappa shape index (κ2) is 6.68. The number of anilines is 1. The van der Waals surface area contributed by atoms with Crippen molar-refractivity contribution in [2.75, 3.05) is 5.43 Å². The fraction of sp³-hybridized carbons (Fsp3) is 0.176. The van der Waals surface area contributed by atoms with Gasteiger partial charge in [-0.05, 0) is 45.0 Å². The predicted molar refractivity (Wildman–Crippen MR) is 93.8 cm³/mol. The standard InChI is InChI=1S/C17H17FN6O/c1-10-8-16(25)21-17(20-10)22-19-9-15-11(2)23-24(12(15)3)14-6-4-13(18)5-7-14/h4-9H,1-3H3,(H2,20,21,22,25)/b19-9-. The number of hydrogen-bond donors (Lipinski definition) is 2. The molecular weight excluding hydrogens is 323 g/mol. The van der Waals surface area contributed by atoms with Gasteiger partial charge in [-0.3, -0.25) is 9.78 Å². The van der Waals surface area contributed by atoms with Crippen molar-refractivity contribution in [3.05, 3.63) is 69.1 Å². The molecule has 0 aliphatic rings. The van der Waals surface area contributed by atoms with E-state index in [1.807, 2.05) is 13.8 Å². The summed E-state index contributed by atoms with van der Waals surface area (Å²) in [5.41, 5.74) is 6.28. The first kappa shape index (κ1) is 16.6. The van der Waals surface area contributed by atoms with Gasteiger partial charge in [0.05, 0.1) is 23.3 Å². The van der Waals surface area contributed by atoms with Crippen LogP contribution in [0.1, 0.15) is 22.6 Å². The van der Waals surface area contributed by atoms with Crippen molar-refractivity contribution in [3.63, 3.8) is 0 Å². The third kappa shape index (κ3) is 3.63. The topological polar surface area (TPSA) is 88.0 Å². The minimum absolute atomic E-state index is 0.248. The third-order valence-corrected chi connectivity index (χ3v) is 3.65. The summed E-state index contributed by atoms with van der Waals surface area (Å²) >= 11 is 0. The fourth-order valence-electron chi connectivity index (χ4n) is 2.47. The molecule has 0 radical (unpaired) electrons. The Morgan fingerprint density at radius 3 is 2.64 bits per heavy atom. The predicted octanol–water partition coefficient (Wildman–Crippen LogP) is 2.47.